The van der Waals surface area contributed by atoms with Crippen molar-refractivity contribution in [3.8, 4) is 11.4 Å². The normalized spacial score (nSPS) is 12.3. The van der Waals surface area contributed by atoms with Gasteiger partial charge in [0.25, 0.3) is 10.2 Å². The van der Waals surface area contributed by atoms with Crippen LogP contribution >= 0.6 is 11.6 Å². The molecule has 0 aliphatic carbocycles. The van der Waals surface area contributed by atoms with E-state index in [4.69, 9.17) is 16.3 Å². The Balaban J connectivity index is 1.76. The third-order valence-electron chi connectivity index (χ3n) is 4.13. The third-order valence-corrected chi connectivity index (χ3v) is 5.49. The Morgan fingerprint density at radius 1 is 1.28 bits per heavy atom. The van der Waals surface area contributed by atoms with Crippen LogP contribution in [0.5, 0.6) is 0 Å². The number of anilines is 2. The van der Waals surface area contributed by atoms with Gasteiger partial charge in [0.05, 0.1) is 23.8 Å². The Labute approximate surface area is 187 Å². The molecule has 0 aliphatic rings. The summed E-state index contributed by atoms with van der Waals surface area (Å²) in [7, 11) is -0.889. The minimum absolute atomic E-state index is 0.00720. The Hall–Kier alpha value is -3.36. The summed E-state index contributed by atoms with van der Waals surface area (Å²) in [5, 5.41) is 10.3. The summed E-state index contributed by atoms with van der Waals surface area (Å²) in [5.74, 6) is -0.452. The van der Waals surface area contributed by atoms with Gasteiger partial charge in [0.2, 0.25) is 0 Å². The monoisotopic (exact) mass is 484 g/mol. The number of hydrogen-bond acceptors (Lipinski definition) is 8. The van der Waals surface area contributed by atoms with Crippen LogP contribution in [0.2, 0.25) is 5.15 Å². The fourth-order valence-electron chi connectivity index (χ4n) is 2.54. The van der Waals surface area contributed by atoms with Crippen molar-refractivity contribution in [2.45, 2.75) is 13.0 Å². The van der Waals surface area contributed by atoms with Gasteiger partial charge >= 0.3 is 6.09 Å². The molecule has 0 spiro atoms. The molecule has 170 valence electrons. The van der Waals surface area contributed by atoms with E-state index in [9.17, 15) is 17.6 Å². The molecule has 3 heterocycles. The fraction of sp³-hybridized carbons (Fsp3) is 0.235. The minimum Gasteiger partial charge on any atom is -0.441 e. The van der Waals surface area contributed by atoms with Gasteiger partial charge in [-0.15, -0.1) is 5.10 Å². The van der Waals surface area contributed by atoms with Crippen molar-refractivity contribution in [3.05, 3.63) is 47.1 Å². The number of rotatable bonds is 7. The lowest BCUT2D eigenvalue weighted by Crippen LogP contribution is -2.26. The standard InChI is InChI=1S/C17H18ClFN8O4S/c1-9(12-6-10(19)7-22-15(12)18)31-17(28)23-16-14(24-26-27(16)3)13-5-4-11(8-21-13)25-32(29,30)20-2/h4-9,20,25H,1-3H3,(H,23,28)/t9-/m1/s1. The maximum Gasteiger partial charge on any atom is 0.413 e. The molecule has 0 aromatic carbocycles. The number of carbonyl (C=O) groups excluding carboxylic acids is 1. The van der Waals surface area contributed by atoms with Crippen LogP contribution in [0.3, 0.4) is 0 Å². The van der Waals surface area contributed by atoms with Crippen LogP contribution in [0.4, 0.5) is 20.7 Å². The zero-order valence-electron chi connectivity index (χ0n) is 17.0. The quantitative estimate of drug-likeness (QED) is 0.431. The van der Waals surface area contributed by atoms with Crippen molar-refractivity contribution in [2.24, 2.45) is 7.05 Å². The van der Waals surface area contributed by atoms with Crippen LogP contribution < -0.4 is 14.8 Å². The fourth-order valence-corrected chi connectivity index (χ4v) is 3.33. The first-order chi connectivity index (χ1) is 15.1. The van der Waals surface area contributed by atoms with E-state index in [1.807, 2.05) is 0 Å². The van der Waals surface area contributed by atoms with E-state index in [-0.39, 0.29) is 27.9 Å². The van der Waals surface area contributed by atoms with Gasteiger partial charge in [-0.2, -0.15) is 8.42 Å². The average Bonchev–Trinajstić information content (AvgIpc) is 3.10. The maximum absolute atomic E-state index is 13.4. The van der Waals surface area contributed by atoms with Crippen LogP contribution in [0, 0.1) is 5.82 Å². The van der Waals surface area contributed by atoms with Gasteiger partial charge in [0.1, 0.15) is 17.1 Å². The Morgan fingerprint density at radius 2 is 2.03 bits per heavy atom. The SMILES string of the molecule is CNS(=O)(=O)Nc1ccc(-c2nnn(C)c2NC(=O)O[C@H](C)c2cc(F)cnc2Cl)nc1. The number of nitrogens with one attached hydrogen (secondary N) is 3. The lowest BCUT2D eigenvalue weighted by atomic mass is 10.2. The predicted molar refractivity (Wildman–Crippen MR) is 114 cm³/mol. The lowest BCUT2D eigenvalue weighted by molar-refractivity contribution is 0.120. The molecule has 0 fully saturated rings. The molecule has 0 saturated heterocycles. The van der Waals surface area contributed by atoms with Crippen molar-refractivity contribution in [1.29, 1.82) is 0 Å². The highest BCUT2D eigenvalue weighted by Crippen LogP contribution is 2.27. The number of carbonyl (C=O) groups is 1. The molecule has 12 nitrogen and oxygen atoms in total. The molecule has 15 heteroatoms. The van der Waals surface area contributed by atoms with Crippen molar-refractivity contribution < 1.29 is 22.3 Å². The van der Waals surface area contributed by atoms with E-state index in [1.54, 1.807) is 0 Å². The van der Waals surface area contributed by atoms with Crippen molar-refractivity contribution >= 4 is 39.4 Å². The molecule has 0 saturated carbocycles. The van der Waals surface area contributed by atoms with Crippen LogP contribution in [0.25, 0.3) is 11.4 Å². The highest BCUT2D eigenvalue weighted by atomic mass is 35.5. The summed E-state index contributed by atoms with van der Waals surface area (Å²) < 4.78 is 47.5. The molecule has 3 N–H and O–H groups in total. The van der Waals surface area contributed by atoms with Gasteiger partial charge in [-0.1, -0.05) is 16.8 Å². The lowest BCUT2D eigenvalue weighted by Gasteiger charge is -2.15. The molecule has 1 atom stereocenters. The van der Waals surface area contributed by atoms with Crippen molar-refractivity contribution in [3.63, 3.8) is 0 Å². The third kappa shape index (κ3) is 5.46. The van der Waals surface area contributed by atoms with E-state index < -0.39 is 28.2 Å². The molecular formula is C17H18ClFN8O4S. The van der Waals surface area contributed by atoms with Gasteiger partial charge in [-0.3, -0.25) is 15.0 Å². The Morgan fingerprint density at radius 3 is 2.69 bits per heavy atom. The second kappa shape index (κ2) is 9.42. The molecule has 0 unspecified atom stereocenters. The molecule has 32 heavy (non-hydrogen) atoms. The highest BCUT2D eigenvalue weighted by Gasteiger charge is 2.21. The summed E-state index contributed by atoms with van der Waals surface area (Å²) in [6.07, 6.45) is 0.465. The number of halogens is 2. The molecular weight excluding hydrogens is 467 g/mol. The number of aryl methyl sites for hydroxylation is 1. The van der Waals surface area contributed by atoms with E-state index in [0.717, 1.165) is 12.3 Å². The molecule has 0 radical (unpaired) electrons. The van der Waals surface area contributed by atoms with Crippen LogP contribution in [-0.2, 0) is 22.0 Å². The largest absolute Gasteiger partial charge is 0.441 e. The molecule has 3 aromatic heterocycles. The summed E-state index contributed by atoms with van der Waals surface area (Å²) in [6.45, 7) is 1.51. The first-order valence-corrected chi connectivity index (χ1v) is 10.8. The Bertz CT molecular complexity index is 1240. The molecule has 1 amide bonds. The second-order valence-electron chi connectivity index (χ2n) is 6.36. The summed E-state index contributed by atoms with van der Waals surface area (Å²) in [4.78, 5) is 20.2. The zero-order valence-corrected chi connectivity index (χ0v) is 18.6. The van der Waals surface area contributed by atoms with Crippen molar-refractivity contribution in [2.75, 3.05) is 17.1 Å². The number of pyridine rings is 2. The van der Waals surface area contributed by atoms with E-state index in [0.29, 0.717) is 5.69 Å². The smallest absolute Gasteiger partial charge is 0.413 e. The van der Waals surface area contributed by atoms with Gasteiger partial charge in [0, 0.05) is 19.7 Å². The predicted octanol–water partition coefficient (Wildman–Crippen LogP) is 2.25. The molecule has 0 bridgehead atoms. The van der Waals surface area contributed by atoms with E-state index in [1.165, 1.54) is 44.0 Å². The number of ether oxygens (including phenoxy) is 1. The van der Waals surface area contributed by atoms with Crippen LogP contribution in [0.1, 0.15) is 18.6 Å². The zero-order chi connectivity index (χ0) is 23.5. The summed E-state index contributed by atoms with van der Waals surface area (Å²) >= 11 is 5.94. The summed E-state index contributed by atoms with van der Waals surface area (Å²) in [5.41, 5.74) is 0.943. The van der Waals surface area contributed by atoms with E-state index >= 15 is 0 Å². The van der Waals surface area contributed by atoms with Crippen molar-refractivity contribution in [1.82, 2.24) is 29.7 Å². The Kier molecular flexibility index (Phi) is 6.86. The van der Waals surface area contributed by atoms with Gasteiger partial charge in [-0.25, -0.2) is 23.6 Å². The molecule has 0 aliphatic heterocycles. The molecule has 3 rings (SSSR count). The highest BCUT2D eigenvalue weighted by molar-refractivity contribution is 7.90. The second-order valence-corrected chi connectivity index (χ2v) is 8.34. The number of aromatic nitrogens is 5. The number of amides is 1. The first-order valence-electron chi connectivity index (χ1n) is 8.95. The number of nitrogens with zero attached hydrogens (tertiary/aromatic N) is 5. The van der Waals surface area contributed by atoms with Gasteiger partial charge in [0.15, 0.2) is 11.5 Å². The van der Waals surface area contributed by atoms with Gasteiger partial charge in [-0.05, 0) is 25.1 Å². The number of hydrogen-bond donors (Lipinski definition) is 3. The molecule has 3 aromatic rings. The topological polar surface area (TPSA) is 153 Å². The first kappa shape index (κ1) is 23.3. The minimum atomic E-state index is -3.69. The van der Waals surface area contributed by atoms with Crippen LogP contribution in [-0.4, -0.2) is 46.5 Å². The maximum atomic E-state index is 13.4. The average molecular weight is 485 g/mol. The van der Waals surface area contributed by atoms with E-state index in [2.05, 4.69) is 35.0 Å². The summed E-state index contributed by atoms with van der Waals surface area (Å²) in [6, 6.07) is 4.09. The van der Waals surface area contributed by atoms with Gasteiger partial charge < -0.3 is 4.74 Å². The van der Waals surface area contributed by atoms with Crippen LogP contribution in [0.15, 0.2) is 30.6 Å².